The molecule has 10 nitrogen and oxygen atoms in total. The smallest absolute Gasteiger partial charge is 0.407 e. The Bertz CT molecular complexity index is 1330. The van der Waals surface area contributed by atoms with Crippen molar-refractivity contribution in [2.24, 2.45) is 11.8 Å². The average molecular weight is 563 g/mol. The highest BCUT2D eigenvalue weighted by atomic mass is 79.9. The number of aromatic nitrogens is 4. The largest absolute Gasteiger partial charge is 0.465 e. The normalized spacial score (nSPS) is 19.6. The molecule has 1 aromatic carbocycles. The van der Waals surface area contributed by atoms with Gasteiger partial charge in [-0.3, -0.25) is 5.41 Å². The molecule has 0 bridgehead atoms. The molecule has 35 heavy (non-hydrogen) atoms. The van der Waals surface area contributed by atoms with Crippen molar-refractivity contribution in [2.45, 2.75) is 55.7 Å². The highest BCUT2D eigenvalue weighted by Gasteiger charge is 2.33. The summed E-state index contributed by atoms with van der Waals surface area (Å²) >= 11 is 5.03. The van der Waals surface area contributed by atoms with Gasteiger partial charge in [0.05, 0.1) is 6.33 Å². The Labute approximate surface area is 214 Å². The Kier molecular flexibility index (Phi) is 6.67. The molecule has 2 aliphatic rings. The molecule has 12 heteroatoms. The van der Waals surface area contributed by atoms with Crippen LogP contribution in [-0.4, -0.2) is 55.0 Å². The predicted octanol–water partition coefficient (Wildman–Crippen LogP) is 4.69. The highest BCUT2D eigenvalue weighted by molar-refractivity contribution is 9.10. The number of hydrogen-bond acceptors (Lipinski definition) is 7. The van der Waals surface area contributed by atoms with E-state index in [-0.39, 0.29) is 24.2 Å². The van der Waals surface area contributed by atoms with Crippen LogP contribution in [-0.2, 0) is 6.54 Å². The maximum absolute atomic E-state index is 11.6. The number of amides is 1. The summed E-state index contributed by atoms with van der Waals surface area (Å²) in [6.07, 6.45) is 3.45. The third-order valence-electron chi connectivity index (χ3n) is 6.68. The van der Waals surface area contributed by atoms with Crippen LogP contribution in [0.4, 0.5) is 4.79 Å². The molecule has 0 radical (unpaired) electrons. The molecule has 0 saturated carbocycles. The molecule has 186 valence electrons. The maximum atomic E-state index is 11.6. The van der Waals surface area contributed by atoms with Gasteiger partial charge in [0.2, 0.25) is 6.79 Å². The van der Waals surface area contributed by atoms with Crippen molar-refractivity contribution in [3.63, 3.8) is 0 Å². The third kappa shape index (κ3) is 4.86. The van der Waals surface area contributed by atoms with Crippen LogP contribution in [0.1, 0.15) is 33.1 Å². The van der Waals surface area contributed by atoms with Gasteiger partial charge in [0.25, 0.3) is 0 Å². The van der Waals surface area contributed by atoms with Crippen LogP contribution in [0, 0.1) is 17.2 Å². The van der Waals surface area contributed by atoms with Gasteiger partial charge in [-0.2, -0.15) is 0 Å². The van der Waals surface area contributed by atoms with Gasteiger partial charge in [-0.1, -0.05) is 25.6 Å². The molecule has 3 aromatic rings. The number of carboxylic acid groups (broad SMARTS) is 1. The lowest BCUT2D eigenvalue weighted by Gasteiger charge is -2.40. The van der Waals surface area contributed by atoms with E-state index < -0.39 is 6.09 Å². The van der Waals surface area contributed by atoms with Gasteiger partial charge >= 0.3 is 6.09 Å². The fourth-order valence-corrected chi connectivity index (χ4v) is 6.16. The Hall–Kier alpha value is -2.73. The zero-order valence-corrected chi connectivity index (χ0v) is 21.9. The number of aryl methyl sites for hydroxylation is 1. The number of imidazole rings is 1. The van der Waals surface area contributed by atoms with Crippen LogP contribution in [0.5, 0.6) is 11.5 Å². The molecule has 2 aromatic heterocycles. The molecule has 2 aliphatic heterocycles. The number of halogens is 1. The molecule has 1 saturated heterocycles. The number of fused-ring (bicyclic) bond motifs is 2. The van der Waals surface area contributed by atoms with Crippen molar-refractivity contribution in [3.8, 4) is 11.5 Å². The van der Waals surface area contributed by atoms with E-state index in [0.717, 1.165) is 28.6 Å². The van der Waals surface area contributed by atoms with Crippen molar-refractivity contribution in [1.29, 1.82) is 5.41 Å². The Morgan fingerprint density at radius 1 is 1.37 bits per heavy atom. The number of piperidine rings is 1. The highest BCUT2D eigenvalue weighted by Crippen LogP contribution is 2.42. The lowest BCUT2D eigenvalue weighted by Crippen LogP contribution is -2.48. The third-order valence-corrected chi connectivity index (χ3v) is 8.54. The molecule has 5 rings (SSSR count). The Morgan fingerprint density at radius 3 is 2.89 bits per heavy atom. The van der Waals surface area contributed by atoms with Crippen LogP contribution in [0.25, 0.3) is 11.2 Å². The number of aromatic amines is 1. The monoisotopic (exact) mass is 562 g/mol. The summed E-state index contributed by atoms with van der Waals surface area (Å²) < 4.78 is 13.8. The minimum atomic E-state index is -0.830. The first-order valence-electron chi connectivity index (χ1n) is 11.6. The van der Waals surface area contributed by atoms with Crippen LogP contribution in [0.3, 0.4) is 0 Å². The average Bonchev–Trinajstić information content (AvgIpc) is 3.46. The van der Waals surface area contributed by atoms with Crippen molar-refractivity contribution in [1.82, 2.24) is 24.4 Å². The number of nitrogens with one attached hydrogen (secondary N) is 2. The van der Waals surface area contributed by atoms with E-state index in [1.54, 1.807) is 11.2 Å². The number of H-pyrrole nitrogens is 1. The van der Waals surface area contributed by atoms with Crippen molar-refractivity contribution < 1.29 is 19.4 Å². The summed E-state index contributed by atoms with van der Waals surface area (Å²) in [7, 11) is 0. The molecule has 3 N–H and O–H groups in total. The zero-order valence-electron chi connectivity index (χ0n) is 19.5. The first kappa shape index (κ1) is 24.0. The molecule has 2 atom stereocenters. The van der Waals surface area contributed by atoms with Crippen molar-refractivity contribution in [3.05, 3.63) is 28.4 Å². The molecule has 0 aliphatic carbocycles. The van der Waals surface area contributed by atoms with E-state index >= 15 is 0 Å². The van der Waals surface area contributed by atoms with E-state index in [1.165, 1.54) is 11.8 Å². The maximum Gasteiger partial charge on any atom is 0.407 e. The topological polar surface area (TPSA) is 129 Å². The van der Waals surface area contributed by atoms with Gasteiger partial charge < -0.3 is 29.0 Å². The van der Waals surface area contributed by atoms with E-state index in [0.29, 0.717) is 46.8 Å². The molecule has 1 amide bonds. The summed E-state index contributed by atoms with van der Waals surface area (Å²) in [6, 6.07) is 3.83. The fourth-order valence-electron chi connectivity index (χ4n) is 4.78. The number of carbonyl (C=O) groups is 1. The minimum Gasteiger partial charge on any atom is -0.465 e. The summed E-state index contributed by atoms with van der Waals surface area (Å²) in [6.45, 7) is 5.65. The predicted molar refractivity (Wildman–Crippen MR) is 133 cm³/mol. The van der Waals surface area contributed by atoms with E-state index in [9.17, 15) is 9.90 Å². The van der Waals surface area contributed by atoms with Gasteiger partial charge in [-0.25, -0.2) is 14.8 Å². The Balaban J connectivity index is 1.33. The lowest BCUT2D eigenvalue weighted by atomic mass is 9.84. The van der Waals surface area contributed by atoms with Gasteiger partial charge in [0.15, 0.2) is 27.8 Å². The van der Waals surface area contributed by atoms with E-state index in [4.69, 9.17) is 19.9 Å². The van der Waals surface area contributed by atoms with Gasteiger partial charge in [0, 0.05) is 28.5 Å². The van der Waals surface area contributed by atoms with Crippen LogP contribution in [0.15, 0.2) is 33.0 Å². The standard InChI is InChI=1S/C23H27BrN6O4S/c1-12(2)15-7-13(4-6-30(15)23(31)32)3-5-29-10-26-20(25)19-21(29)28-22(27-19)35-18-9-17-16(8-14(18)24)33-11-34-17/h8-10,12-13,15,25H,3-7,11H2,1-2H3,(H,27,28)(H,31,32)/t13-,15+/m1/s1. The lowest BCUT2D eigenvalue weighted by molar-refractivity contribution is 0.0682. The quantitative estimate of drug-likeness (QED) is 0.397. The molecular weight excluding hydrogens is 536 g/mol. The summed E-state index contributed by atoms with van der Waals surface area (Å²) in [5.74, 6) is 2.10. The summed E-state index contributed by atoms with van der Waals surface area (Å²) in [5, 5.41) is 18.4. The second kappa shape index (κ2) is 9.73. The van der Waals surface area contributed by atoms with Gasteiger partial charge in [-0.05, 0) is 59.2 Å². The van der Waals surface area contributed by atoms with Crippen LogP contribution in [0.2, 0.25) is 0 Å². The fraction of sp³-hybridized carbons (Fsp3) is 0.478. The van der Waals surface area contributed by atoms with E-state index in [2.05, 4.69) is 39.7 Å². The zero-order chi connectivity index (χ0) is 24.7. The second-order valence-electron chi connectivity index (χ2n) is 9.23. The first-order valence-corrected chi connectivity index (χ1v) is 13.2. The Morgan fingerprint density at radius 2 is 2.14 bits per heavy atom. The number of likely N-dealkylation sites (tertiary alicyclic amines) is 1. The number of rotatable bonds is 6. The van der Waals surface area contributed by atoms with Gasteiger partial charge in [-0.15, -0.1) is 0 Å². The summed E-state index contributed by atoms with van der Waals surface area (Å²) in [5.41, 5.74) is 1.43. The molecule has 4 heterocycles. The number of ether oxygens (including phenoxy) is 2. The van der Waals surface area contributed by atoms with Crippen molar-refractivity contribution >= 4 is 44.9 Å². The van der Waals surface area contributed by atoms with Crippen LogP contribution >= 0.6 is 27.7 Å². The number of nitrogens with zero attached hydrogens (tertiary/aromatic N) is 4. The number of hydrogen-bond donors (Lipinski definition) is 3. The number of benzene rings is 1. The molecule has 0 spiro atoms. The summed E-state index contributed by atoms with van der Waals surface area (Å²) in [4.78, 5) is 26.4. The first-order chi connectivity index (χ1) is 16.8. The molecule has 1 fully saturated rings. The van der Waals surface area contributed by atoms with Crippen molar-refractivity contribution in [2.75, 3.05) is 13.3 Å². The second-order valence-corrected chi connectivity index (χ2v) is 11.1. The van der Waals surface area contributed by atoms with Gasteiger partial charge in [0.1, 0.15) is 5.52 Å². The van der Waals surface area contributed by atoms with E-state index in [1.807, 2.05) is 16.7 Å². The SMILES string of the molecule is CC(C)[C@@H]1C[C@H](CCn2cnc(=N)c3[nH]c(Sc4cc5c(cc4Br)OCO5)nc32)CCN1C(=O)O. The minimum absolute atomic E-state index is 0.0403. The van der Waals surface area contributed by atoms with Crippen LogP contribution < -0.4 is 15.0 Å². The molecule has 0 unspecified atom stereocenters. The molecular formula is C23H27BrN6O4S.